The molecule has 1 N–H and O–H groups in total. The smallest absolute Gasteiger partial charge is 0.160 e. The quantitative estimate of drug-likeness (QED) is 0.852. The van der Waals surface area contributed by atoms with Gasteiger partial charge in [0.2, 0.25) is 0 Å². The summed E-state index contributed by atoms with van der Waals surface area (Å²) in [6.07, 6.45) is 0.843. The van der Waals surface area contributed by atoms with Gasteiger partial charge in [-0.15, -0.1) is 11.3 Å². The van der Waals surface area contributed by atoms with E-state index in [1.54, 1.807) is 0 Å². The first-order valence-corrected chi connectivity index (χ1v) is 5.64. The fraction of sp³-hybridized carbons (Fsp3) is 0.100. The van der Waals surface area contributed by atoms with Gasteiger partial charge in [-0.05, 0) is 33.6 Å². The number of rotatable bonds is 2. The van der Waals surface area contributed by atoms with Crippen LogP contribution in [0.3, 0.4) is 0 Å². The van der Waals surface area contributed by atoms with Crippen LogP contribution in [0.1, 0.15) is 15.2 Å². The van der Waals surface area contributed by atoms with Crippen molar-refractivity contribution in [2.24, 2.45) is 0 Å². The van der Waals surface area contributed by atoms with E-state index in [-0.39, 0.29) is 6.61 Å². The molecule has 1 heterocycles. The molecular weight excluding hydrogens is 264 g/mol. The highest BCUT2D eigenvalue weighted by molar-refractivity contribution is 9.10. The van der Waals surface area contributed by atoms with Crippen LogP contribution in [0.4, 0.5) is 0 Å². The topological polar surface area (TPSA) is 37.3 Å². The van der Waals surface area contributed by atoms with E-state index in [0.717, 1.165) is 26.4 Å². The number of aliphatic hydroxyl groups excluding tert-OH is 1. The maximum Gasteiger partial charge on any atom is 0.160 e. The highest BCUT2D eigenvalue weighted by Gasteiger charge is 2.07. The Labute approximate surface area is 93.3 Å². The summed E-state index contributed by atoms with van der Waals surface area (Å²) in [4.78, 5) is 11.3. The molecule has 2 rings (SSSR count). The number of aliphatic hydroxyl groups is 1. The van der Waals surface area contributed by atoms with Crippen molar-refractivity contribution in [3.05, 3.63) is 33.1 Å². The van der Waals surface area contributed by atoms with E-state index in [0.29, 0.717) is 4.88 Å². The Morgan fingerprint density at radius 2 is 2.29 bits per heavy atom. The molecule has 0 amide bonds. The number of halogens is 1. The summed E-state index contributed by atoms with van der Waals surface area (Å²) in [6, 6.07) is 5.61. The first-order chi connectivity index (χ1) is 6.76. The minimum atomic E-state index is 0.00277. The highest BCUT2D eigenvalue weighted by Crippen LogP contribution is 2.33. The van der Waals surface area contributed by atoms with Crippen LogP contribution in [0.25, 0.3) is 10.1 Å². The number of carbonyl (C=O) groups excluding carboxylic acids is 1. The average molecular weight is 271 g/mol. The molecule has 1 aromatic carbocycles. The van der Waals surface area contributed by atoms with Crippen molar-refractivity contribution in [2.75, 3.05) is 0 Å². The molecule has 0 fully saturated rings. The summed E-state index contributed by atoms with van der Waals surface area (Å²) in [7, 11) is 0. The van der Waals surface area contributed by atoms with Crippen LogP contribution in [0.2, 0.25) is 0 Å². The van der Waals surface area contributed by atoms with E-state index in [1.165, 1.54) is 11.3 Å². The van der Waals surface area contributed by atoms with Gasteiger partial charge < -0.3 is 5.11 Å². The van der Waals surface area contributed by atoms with Crippen molar-refractivity contribution in [2.45, 2.75) is 6.61 Å². The van der Waals surface area contributed by atoms with Crippen LogP contribution in [-0.2, 0) is 6.61 Å². The normalized spacial score (nSPS) is 10.7. The number of benzene rings is 1. The third-order valence-corrected chi connectivity index (χ3v) is 3.98. The van der Waals surface area contributed by atoms with Gasteiger partial charge in [-0.1, -0.05) is 6.07 Å². The van der Waals surface area contributed by atoms with Crippen LogP contribution < -0.4 is 0 Å². The Bertz CT molecular complexity index is 490. The van der Waals surface area contributed by atoms with E-state index in [2.05, 4.69) is 15.9 Å². The Kier molecular flexibility index (Phi) is 2.67. The van der Waals surface area contributed by atoms with E-state index < -0.39 is 0 Å². The molecule has 2 nitrogen and oxygen atoms in total. The van der Waals surface area contributed by atoms with Crippen LogP contribution in [0.15, 0.2) is 22.7 Å². The third kappa shape index (κ3) is 1.49. The number of hydrogen-bond donors (Lipinski definition) is 1. The minimum Gasteiger partial charge on any atom is -0.392 e. The van der Waals surface area contributed by atoms with Crippen molar-refractivity contribution in [3.63, 3.8) is 0 Å². The number of hydrogen-bond acceptors (Lipinski definition) is 3. The van der Waals surface area contributed by atoms with E-state index in [1.807, 2.05) is 18.2 Å². The lowest BCUT2D eigenvalue weighted by Gasteiger charge is -2.00. The third-order valence-electron chi connectivity index (χ3n) is 2.02. The lowest BCUT2D eigenvalue weighted by atomic mass is 10.2. The van der Waals surface area contributed by atoms with Crippen molar-refractivity contribution in [1.82, 2.24) is 0 Å². The largest absolute Gasteiger partial charge is 0.392 e. The van der Waals surface area contributed by atoms with Gasteiger partial charge in [-0.25, -0.2) is 0 Å². The number of carbonyl (C=O) groups is 1. The molecule has 0 unspecified atom stereocenters. The molecule has 2 aromatic rings. The molecule has 14 heavy (non-hydrogen) atoms. The fourth-order valence-electron chi connectivity index (χ4n) is 1.32. The molecule has 0 aliphatic heterocycles. The molecule has 4 heteroatoms. The zero-order valence-corrected chi connectivity index (χ0v) is 9.56. The summed E-state index contributed by atoms with van der Waals surface area (Å²) in [5.74, 6) is 0. The first-order valence-electron chi connectivity index (χ1n) is 4.03. The maximum atomic E-state index is 10.6. The monoisotopic (exact) mass is 270 g/mol. The molecule has 0 spiro atoms. The molecular formula is C10H7BrO2S. The zero-order valence-electron chi connectivity index (χ0n) is 7.16. The van der Waals surface area contributed by atoms with E-state index in [9.17, 15) is 4.79 Å². The summed E-state index contributed by atoms with van der Waals surface area (Å²) < 4.78 is 1.93. The molecule has 0 bridgehead atoms. The summed E-state index contributed by atoms with van der Waals surface area (Å²) >= 11 is 4.87. The van der Waals surface area contributed by atoms with Crippen molar-refractivity contribution in [3.8, 4) is 0 Å². The van der Waals surface area contributed by atoms with Crippen LogP contribution in [0, 0.1) is 0 Å². The summed E-state index contributed by atoms with van der Waals surface area (Å²) in [5.41, 5.74) is 0.841. The van der Waals surface area contributed by atoms with Gasteiger partial charge in [0.05, 0.1) is 11.5 Å². The van der Waals surface area contributed by atoms with Crippen LogP contribution in [-0.4, -0.2) is 11.4 Å². The number of fused-ring (bicyclic) bond motifs is 1. The van der Waals surface area contributed by atoms with Crippen LogP contribution in [0.5, 0.6) is 0 Å². The van der Waals surface area contributed by atoms with Gasteiger partial charge in [0.25, 0.3) is 0 Å². The van der Waals surface area contributed by atoms with Crippen molar-refractivity contribution in [1.29, 1.82) is 0 Å². The molecule has 0 radical (unpaired) electrons. The van der Waals surface area contributed by atoms with Crippen molar-refractivity contribution < 1.29 is 9.90 Å². The van der Waals surface area contributed by atoms with Gasteiger partial charge >= 0.3 is 0 Å². The van der Waals surface area contributed by atoms with Gasteiger partial charge in [0, 0.05) is 14.6 Å². The van der Waals surface area contributed by atoms with Gasteiger partial charge in [-0.2, -0.15) is 0 Å². The van der Waals surface area contributed by atoms with Gasteiger partial charge in [-0.3, -0.25) is 4.79 Å². The van der Waals surface area contributed by atoms with Gasteiger partial charge in [0.1, 0.15) is 0 Å². The average Bonchev–Trinajstić information content (AvgIpc) is 2.62. The van der Waals surface area contributed by atoms with Gasteiger partial charge in [0.15, 0.2) is 6.29 Å². The Balaban J connectivity index is 2.74. The zero-order chi connectivity index (χ0) is 10.1. The molecule has 1 aromatic heterocycles. The lowest BCUT2D eigenvalue weighted by molar-refractivity contribution is 0.112. The molecule has 0 saturated carbocycles. The van der Waals surface area contributed by atoms with E-state index in [4.69, 9.17) is 5.11 Å². The van der Waals surface area contributed by atoms with E-state index >= 15 is 0 Å². The Morgan fingerprint density at radius 3 is 2.93 bits per heavy atom. The summed E-state index contributed by atoms with van der Waals surface area (Å²) in [5, 5.41) is 10.0. The molecule has 0 saturated heterocycles. The SMILES string of the molecule is O=Cc1cc2c(Br)c(CO)ccc2s1. The predicted octanol–water partition coefficient (Wildman–Crippen LogP) is 2.97. The second-order valence-electron chi connectivity index (χ2n) is 2.88. The molecule has 0 aliphatic carbocycles. The Morgan fingerprint density at radius 1 is 1.50 bits per heavy atom. The standard InChI is InChI=1S/C10H7BrO2S/c11-10-6(4-12)1-2-9-8(10)3-7(5-13)14-9/h1-3,5,12H,4H2. The highest BCUT2D eigenvalue weighted by atomic mass is 79.9. The maximum absolute atomic E-state index is 10.6. The van der Waals surface area contributed by atoms with Crippen molar-refractivity contribution >= 4 is 43.6 Å². The van der Waals surface area contributed by atoms with Crippen LogP contribution >= 0.6 is 27.3 Å². The Hall–Kier alpha value is -0.710. The number of thiophene rings is 1. The predicted molar refractivity (Wildman–Crippen MR) is 60.8 cm³/mol. The molecule has 0 aliphatic rings. The number of aldehydes is 1. The molecule has 72 valence electrons. The summed E-state index contributed by atoms with van der Waals surface area (Å²) in [6.45, 7) is 0.00277. The fourth-order valence-corrected chi connectivity index (χ4v) is 2.93. The lowest BCUT2D eigenvalue weighted by Crippen LogP contribution is -1.83. The second kappa shape index (κ2) is 3.81. The first kappa shape index (κ1) is 9.83. The second-order valence-corrected chi connectivity index (χ2v) is 4.78. The molecule has 0 atom stereocenters. The minimum absolute atomic E-state index is 0.00277.